The van der Waals surface area contributed by atoms with E-state index < -0.39 is 0 Å². The summed E-state index contributed by atoms with van der Waals surface area (Å²) >= 11 is 8.87. The van der Waals surface area contributed by atoms with Crippen LogP contribution < -0.4 is 10.1 Å². The molecule has 0 atom stereocenters. The number of amides is 1. The van der Waals surface area contributed by atoms with Gasteiger partial charge in [-0.15, -0.1) is 11.3 Å². The lowest BCUT2D eigenvalue weighted by atomic mass is 9.95. The molecule has 0 aliphatic heterocycles. The summed E-state index contributed by atoms with van der Waals surface area (Å²) in [6, 6.07) is 24.0. The van der Waals surface area contributed by atoms with Gasteiger partial charge in [-0.1, -0.05) is 76.6 Å². The number of aliphatic imine (C=N–C) groups is 1. The third kappa shape index (κ3) is 6.40. The summed E-state index contributed by atoms with van der Waals surface area (Å²) in [7, 11) is 0. The summed E-state index contributed by atoms with van der Waals surface area (Å²) in [4.78, 5) is 19.5. The number of nitrogens with zero attached hydrogens (tertiary/aromatic N) is 1. The van der Waals surface area contributed by atoms with Crippen molar-refractivity contribution in [1.29, 1.82) is 0 Å². The van der Waals surface area contributed by atoms with Crippen molar-refractivity contribution < 1.29 is 9.53 Å². The van der Waals surface area contributed by atoms with E-state index in [0.717, 1.165) is 61.9 Å². The Bertz CT molecular complexity index is 1420. The molecule has 4 aromatic rings. The first-order chi connectivity index (χ1) is 18.1. The molecule has 0 unspecified atom stereocenters. The molecule has 0 saturated carbocycles. The molecule has 1 aromatic heterocycles. The third-order valence-corrected chi connectivity index (χ3v) is 8.51. The average molecular weight is 638 g/mol. The predicted octanol–water partition coefficient (Wildman–Crippen LogP) is 8.41. The lowest BCUT2D eigenvalue weighted by Gasteiger charge is -2.13. The maximum absolute atomic E-state index is 13.4. The van der Waals surface area contributed by atoms with Gasteiger partial charge >= 0.3 is 0 Å². The molecule has 4 nitrogen and oxygen atoms in total. The second kappa shape index (κ2) is 12.2. The monoisotopic (exact) mass is 636 g/mol. The SMILES string of the molecule is O=C(NCc1ccccc1)c1c(N=Cc2cc(Br)cc(Br)c2OCc2ccccc2)sc2c1CCCC2. The number of hydrogen-bond donors (Lipinski definition) is 1. The van der Waals surface area contributed by atoms with E-state index in [0.29, 0.717) is 24.5 Å². The second-order valence-corrected chi connectivity index (χ2v) is 11.8. The van der Waals surface area contributed by atoms with Gasteiger partial charge in [0.25, 0.3) is 5.91 Å². The number of fused-ring (bicyclic) bond motifs is 1. The molecule has 0 saturated heterocycles. The van der Waals surface area contributed by atoms with E-state index in [4.69, 9.17) is 9.73 Å². The normalized spacial score (nSPS) is 12.9. The fourth-order valence-electron chi connectivity index (χ4n) is 4.43. The van der Waals surface area contributed by atoms with Gasteiger partial charge in [0, 0.05) is 27.7 Å². The van der Waals surface area contributed by atoms with Crippen molar-refractivity contribution >= 4 is 60.3 Å². The van der Waals surface area contributed by atoms with Crippen LogP contribution >= 0.6 is 43.2 Å². The molecular formula is C30H26Br2N2O2S. The minimum atomic E-state index is -0.0635. The smallest absolute Gasteiger partial charge is 0.254 e. The van der Waals surface area contributed by atoms with Crippen molar-refractivity contribution in [3.63, 3.8) is 0 Å². The van der Waals surface area contributed by atoms with Gasteiger partial charge < -0.3 is 10.1 Å². The van der Waals surface area contributed by atoms with Gasteiger partial charge in [0.1, 0.15) is 17.4 Å². The molecule has 1 aliphatic carbocycles. The molecule has 37 heavy (non-hydrogen) atoms. The van der Waals surface area contributed by atoms with Crippen LogP contribution in [0, 0.1) is 0 Å². The van der Waals surface area contributed by atoms with Gasteiger partial charge in [-0.2, -0.15) is 0 Å². The molecule has 1 heterocycles. The number of ether oxygens (including phenoxy) is 1. The van der Waals surface area contributed by atoms with Crippen LogP contribution in [0.2, 0.25) is 0 Å². The molecule has 188 valence electrons. The minimum Gasteiger partial charge on any atom is -0.487 e. The van der Waals surface area contributed by atoms with E-state index in [9.17, 15) is 4.79 Å². The van der Waals surface area contributed by atoms with E-state index >= 15 is 0 Å². The number of aryl methyl sites for hydroxylation is 1. The van der Waals surface area contributed by atoms with E-state index in [1.165, 1.54) is 4.88 Å². The molecule has 1 N–H and O–H groups in total. The Kier molecular flexibility index (Phi) is 8.54. The van der Waals surface area contributed by atoms with Crippen LogP contribution in [0.15, 0.2) is 86.7 Å². The Morgan fingerprint density at radius 3 is 2.43 bits per heavy atom. The third-order valence-electron chi connectivity index (χ3n) is 6.26. The Morgan fingerprint density at radius 2 is 1.68 bits per heavy atom. The molecule has 5 rings (SSSR count). The number of thiophene rings is 1. The van der Waals surface area contributed by atoms with Crippen molar-refractivity contribution in [2.75, 3.05) is 0 Å². The van der Waals surface area contributed by atoms with E-state index in [2.05, 4.69) is 37.2 Å². The number of benzene rings is 3. The average Bonchev–Trinajstić information content (AvgIpc) is 3.29. The van der Waals surface area contributed by atoms with Crippen LogP contribution in [0.3, 0.4) is 0 Å². The van der Waals surface area contributed by atoms with Crippen molar-refractivity contribution in [3.05, 3.63) is 114 Å². The van der Waals surface area contributed by atoms with Crippen LogP contribution in [0.25, 0.3) is 0 Å². The predicted molar refractivity (Wildman–Crippen MR) is 158 cm³/mol. The van der Waals surface area contributed by atoms with Crippen molar-refractivity contribution in [2.24, 2.45) is 4.99 Å². The maximum Gasteiger partial charge on any atom is 0.254 e. The number of carbonyl (C=O) groups is 1. The highest BCUT2D eigenvalue weighted by atomic mass is 79.9. The molecule has 1 amide bonds. The summed E-state index contributed by atoms with van der Waals surface area (Å²) in [5, 5.41) is 3.86. The summed E-state index contributed by atoms with van der Waals surface area (Å²) < 4.78 is 7.96. The summed E-state index contributed by atoms with van der Waals surface area (Å²) in [6.07, 6.45) is 5.98. The van der Waals surface area contributed by atoms with Gasteiger partial charge in [-0.05, 0) is 70.4 Å². The minimum absolute atomic E-state index is 0.0635. The van der Waals surface area contributed by atoms with Gasteiger partial charge in [0.05, 0.1) is 10.0 Å². The Labute approximate surface area is 238 Å². The highest BCUT2D eigenvalue weighted by Crippen LogP contribution is 2.40. The van der Waals surface area contributed by atoms with Crippen molar-refractivity contribution in [3.8, 4) is 5.75 Å². The maximum atomic E-state index is 13.4. The lowest BCUT2D eigenvalue weighted by Crippen LogP contribution is -2.24. The molecule has 0 bridgehead atoms. The quantitative estimate of drug-likeness (QED) is 0.197. The zero-order valence-electron chi connectivity index (χ0n) is 20.2. The fraction of sp³-hybridized carbons (Fsp3) is 0.200. The van der Waals surface area contributed by atoms with Crippen LogP contribution in [0.1, 0.15) is 50.3 Å². The van der Waals surface area contributed by atoms with Crippen LogP contribution in [-0.2, 0) is 26.0 Å². The number of nitrogens with one attached hydrogen (secondary N) is 1. The molecular weight excluding hydrogens is 612 g/mol. The number of rotatable bonds is 8. The Morgan fingerprint density at radius 1 is 0.973 bits per heavy atom. The molecule has 7 heteroatoms. The highest BCUT2D eigenvalue weighted by Gasteiger charge is 2.25. The van der Waals surface area contributed by atoms with Gasteiger partial charge in [-0.3, -0.25) is 4.79 Å². The standard InChI is InChI=1S/C30H26Br2N2O2S/c31-23-15-22(28(25(32)16-23)36-19-21-11-5-2-6-12-21)18-34-30-27(24-13-7-8-14-26(24)37-30)29(35)33-17-20-9-3-1-4-10-20/h1-6,9-12,15-16,18H,7-8,13-14,17,19H2,(H,33,35). The van der Waals surface area contributed by atoms with Crippen LogP contribution in [0.5, 0.6) is 5.75 Å². The number of carbonyl (C=O) groups excluding carboxylic acids is 1. The van der Waals surface area contributed by atoms with Crippen molar-refractivity contribution in [1.82, 2.24) is 5.32 Å². The number of halogens is 2. The first-order valence-corrected chi connectivity index (χ1v) is 14.6. The summed E-state index contributed by atoms with van der Waals surface area (Å²) in [5.74, 6) is 0.651. The topological polar surface area (TPSA) is 50.7 Å². The molecule has 1 aliphatic rings. The first kappa shape index (κ1) is 25.9. The highest BCUT2D eigenvalue weighted by molar-refractivity contribution is 9.11. The zero-order chi connectivity index (χ0) is 25.6. The molecule has 0 fully saturated rings. The van der Waals surface area contributed by atoms with Crippen LogP contribution in [0.4, 0.5) is 5.00 Å². The van der Waals surface area contributed by atoms with Gasteiger partial charge in [0.2, 0.25) is 0 Å². The van der Waals surface area contributed by atoms with E-state index in [-0.39, 0.29) is 5.91 Å². The molecule has 0 radical (unpaired) electrons. The van der Waals surface area contributed by atoms with Gasteiger partial charge in [-0.25, -0.2) is 4.99 Å². The fourth-order valence-corrected chi connectivity index (χ4v) is 7.03. The Balaban J connectivity index is 1.43. The largest absolute Gasteiger partial charge is 0.487 e. The van der Waals surface area contributed by atoms with E-state index in [1.54, 1.807) is 17.6 Å². The molecule has 3 aromatic carbocycles. The summed E-state index contributed by atoms with van der Waals surface area (Å²) in [5.41, 5.74) is 4.87. The first-order valence-electron chi connectivity index (χ1n) is 12.2. The van der Waals surface area contributed by atoms with Crippen molar-refractivity contribution in [2.45, 2.75) is 38.8 Å². The van der Waals surface area contributed by atoms with E-state index in [1.807, 2.05) is 72.8 Å². The summed E-state index contributed by atoms with van der Waals surface area (Å²) in [6.45, 7) is 0.936. The zero-order valence-corrected chi connectivity index (χ0v) is 24.2. The van der Waals surface area contributed by atoms with Crippen LogP contribution in [-0.4, -0.2) is 12.1 Å². The lowest BCUT2D eigenvalue weighted by molar-refractivity contribution is 0.0951. The Hall–Kier alpha value is -2.74. The number of hydrogen-bond acceptors (Lipinski definition) is 4. The second-order valence-electron chi connectivity index (χ2n) is 8.90. The van der Waals surface area contributed by atoms with Gasteiger partial charge in [0.15, 0.2) is 0 Å². The molecule has 0 spiro atoms.